The Balaban J connectivity index is 1.44. The van der Waals surface area contributed by atoms with E-state index in [1.165, 1.54) is 29.8 Å². The second-order valence-corrected chi connectivity index (χ2v) is 10.1. The molecule has 0 radical (unpaired) electrons. The highest BCUT2D eigenvalue weighted by molar-refractivity contribution is 6.04. The Morgan fingerprint density at radius 2 is 1.60 bits per heavy atom. The van der Waals surface area contributed by atoms with Gasteiger partial charge in [-0.25, -0.2) is 4.79 Å². The summed E-state index contributed by atoms with van der Waals surface area (Å²) in [6.45, 7) is 2.66. The Bertz CT molecular complexity index is 1540. The quantitative estimate of drug-likeness (QED) is 0.309. The minimum Gasteiger partial charge on any atom is -0.406 e. The molecule has 0 unspecified atom stereocenters. The first-order valence-electron chi connectivity index (χ1n) is 12.9. The average molecular weight is 614 g/mol. The summed E-state index contributed by atoms with van der Waals surface area (Å²) in [5, 5.41) is 2.49. The van der Waals surface area contributed by atoms with E-state index in [2.05, 4.69) is 14.9 Å². The van der Waals surface area contributed by atoms with Gasteiger partial charge in [-0.1, -0.05) is 12.1 Å². The zero-order chi connectivity index (χ0) is 31.6. The molecule has 4 rings (SSSR count). The Morgan fingerprint density at radius 3 is 2.21 bits per heavy atom. The zero-order valence-electron chi connectivity index (χ0n) is 23.0. The second kappa shape index (κ2) is 12.0. The maximum Gasteiger partial charge on any atom is 0.573 e. The number of carbonyl (C=O) groups excluding carboxylic acids is 2. The first-order chi connectivity index (χ1) is 20.0. The van der Waals surface area contributed by atoms with Gasteiger partial charge in [0.05, 0.1) is 19.6 Å². The Labute approximate surface area is 241 Å². The predicted molar refractivity (Wildman–Crippen MR) is 142 cm³/mol. The Hall–Kier alpha value is -4.53. The van der Waals surface area contributed by atoms with Gasteiger partial charge in [-0.15, -0.1) is 17.8 Å². The lowest BCUT2D eigenvalue weighted by atomic mass is 10.1. The number of carbonyl (C=O) groups is 2. The molecule has 0 aliphatic carbocycles. The van der Waals surface area contributed by atoms with Gasteiger partial charge < -0.3 is 19.5 Å². The minimum absolute atomic E-state index is 0.105. The molecule has 1 aliphatic heterocycles. The van der Waals surface area contributed by atoms with Crippen LogP contribution in [0, 0.1) is 6.92 Å². The van der Waals surface area contributed by atoms with E-state index in [0.29, 0.717) is 24.3 Å². The molecule has 2 heterocycles. The molecular weight excluding hydrogens is 586 g/mol. The molecule has 1 N–H and O–H groups in total. The van der Waals surface area contributed by atoms with Crippen molar-refractivity contribution in [1.29, 1.82) is 0 Å². The number of quaternary nitrogens is 1. The number of amides is 1. The van der Waals surface area contributed by atoms with E-state index in [4.69, 9.17) is 0 Å². The third-order valence-electron chi connectivity index (χ3n) is 6.82. The van der Waals surface area contributed by atoms with Crippen molar-refractivity contribution in [3.63, 3.8) is 0 Å². The summed E-state index contributed by atoms with van der Waals surface area (Å²) in [5.74, 6) is -3.46. The number of halogens is 6. The first kappa shape index (κ1) is 31.4. The van der Waals surface area contributed by atoms with Crippen molar-refractivity contribution in [2.24, 2.45) is 0 Å². The third-order valence-corrected chi connectivity index (χ3v) is 6.82. The van der Waals surface area contributed by atoms with Crippen LogP contribution in [-0.4, -0.2) is 66.9 Å². The highest BCUT2D eigenvalue weighted by Crippen LogP contribution is 2.25. The number of ether oxygens (including phenoxy) is 1. The monoisotopic (exact) mass is 613 g/mol. The van der Waals surface area contributed by atoms with Crippen LogP contribution in [0.1, 0.15) is 21.6 Å². The number of hydroxylamine groups is 3. The number of nitrogens with one attached hydrogen (secondary N) is 1. The van der Waals surface area contributed by atoms with Gasteiger partial charge in [0.2, 0.25) is 0 Å². The molecule has 1 aromatic heterocycles. The lowest BCUT2D eigenvalue weighted by Gasteiger charge is -2.39. The summed E-state index contributed by atoms with van der Waals surface area (Å²) in [4.78, 5) is 44.0. The van der Waals surface area contributed by atoms with Gasteiger partial charge in [-0.3, -0.25) is 14.4 Å². The zero-order valence-corrected chi connectivity index (χ0v) is 23.0. The molecule has 1 fully saturated rings. The maximum absolute atomic E-state index is 13.3. The molecule has 3 aromatic rings. The van der Waals surface area contributed by atoms with Gasteiger partial charge >= 0.3 is 18.5 Å². The lowest BCUT2D eigenvalue weighted by molar-refractivity contribution is -1.08. The maximum atomic E-state index is 13.3. The van der Waals surface area contributed by atoms with E-state index >= 15 is 0 Å². The van der Waals surface area contributed by atoms with Crippen LogP contribution in [0.25, 0.3) is 0 Å². The number of aromatic nitrogens is 1. The van der Waals surface area contributed by atoms with Crippen LogP contribution >= 0.6 is 0 Å². The Kier molecular flexibility index (Phi) is 8.76. The van der Waals surface area contributed by atoms with E-state index in [1.54, 1.807) is 25.1 Å². The molecule has 230 valence electrons. The van der Waals surface area contributed by atoms with Crippen molar-refractivity contribution in [2.45, 2.75) is 26.0 Å². The fraction of sp³-hybridized carbons (Fsp3) is 0.321. The molecule has 0 saturated carbocycles. The standard InChI is InChI=1S/C28H26F6N4O5/c1-18-6-11-23(24(39)35-20-7-9-22(10-8-20)42-28(32,33)34)25(40)37(18)17-19-4-3-5-21(16-19)36-12-14-38(2,15-13-36)43-26(41)27(29,30)31/h3-11,16H,12-15,17H2,1-2H3/p+1. The van der Waals surface area contributed by atoms with Gasteiger partial charge in [-0.2, -0.15) is 13.2 Å². The molecule has 43 heavy (non-hydrogen) atoms. The number of hydrogen-bond acceptors (Lipinski definition) is 6. The van der Waals surface area contributed by atoms with Crippen molar-refractivity contribution in [1.82, 2.24) is 4.57 Å². The number of aryl methyl sites for hydroxylation is 1. The largest absolute Gasteiger partial charge is 0.573 e. The number of benzene rings is 2. The van der Waals surface area contributed by atoms with Gasteiger partial charge in [0.25, 0.3) is 11.5 Å². The molecule has 0 atom stereocenters. The third kappa shape index (κ3) is 8.06. The number of hydrogen-bond donors (Lipinski definition) is 1. The normalized spacial score (nSPS) is 15.1. The second-order valence-electron chi connectivity index (χ2n) is 10.1. The first-order valence-corrected chi connectivity index (χ1v) is 12.9. The molecule has 9 nitrogen and oxygen atoms in total. The number of alkyl halides is 6. The van der Waals surface area contributed by atoms with Crippen LogP contribution < -0.4 is 20.5 Å². The Morgan fingerprint density at radius 1 is 0.953 bits per heavy atom. The number of likely N-dealkylation sites (N-methyl/N-ethyl adjacent to an activating group) is 1. The number of rotatable bonds is 7. The predicted octanol–water partition coefficient (Wildman–Crippen LogP) is 4.64. The number of anilines is 2. The van der Waals surface area contributed by atoms with Crippen LogP contribution in [0.4, 0.5) is 37.7 Å². The van der Waals surface area contributed by atoms with E-state index in [9.17, 15) is 40.7 Å². The van der Waals surface area contributed by atoms with E-state index in [1.807, 2.05) is 17.0 Å². The van der Waals surface area contributed by atoms with Gasteiger partial charge in [0.1, 0.15) is 31.5 Å². The molecule has 1 aliphatic rings. The van der Waals surface area contributed by atoms with E-state index < -0.39 is 40.4 Å². The summed E-state index contributed by atoms with van der Waals surface area (Å²) < 4.78 is 79.8. The highest BCUT2D eigenvalue weighted by atomic mass is 19.4. The molecule has 1 amide bonds. The van der Waals surface area contributed by atoms with E-state index in [-0.39, 0.29) is 30.9 Å². The molecule has 0 spiro atoms. The average Bonchev–Trinajstić information content (AvgIpc) is 2.91. The fourth-order valence-electron chi connectivity index (χ4n) is 4.50. The molecule has 0 bridgehead atoms. The van der Waals surface area contributed by atoms with Crippen LogP contribution in [0.3, 0.4) is 0 Å². The molecule has 1 saturated heterocycles. The SMILES string of the molecule is Cc1ccc(C(=O)Nc2ccc(OC(F)(F)F)cc2)c(=O)n1Cc1cccc(N2CC[N+](C)(OC(=O)C(F)(F)F)CC2)c1. The van der Waals surface area contributed by atoms with Crippen LogP contribution in [0.15, 0.2) is 65.5 Å². The van der Waals surface area contributed by atoms with Gasteiger partial charge in [0.15, 0.2) is 0 Å². The molecule has 2 aromatic carbocycles. The highest BCUT2D eigenvalue weighted by Gasteiger charge is 2.47. The van der Waals surface area contributed by atoms with Gasteiger partial charge in [-0.05, 0) is 61.0 Å². The summed E-state index contributed by atoms with van der Waals surface area (Å²) >= 11 is 0. The summed E-state index contributed by atoms with van der Waals surface area (Å²) in [6.07, 6.45) is -9.94. The summed E-state index contributed by atoms with van der Waals surface area (Å²) in [6, 6.07) is 14.6. The minimum atomic E-state index is -5.08. The number of piperazine rings is 1. The number of pyridine rings is 1. The van der Waals surface area contributed by atoms with Crippen molar-refractivity contribution in [2.75, 3.05) is 43.4 Å². The summed E-state index contributed by atoms with van der Waals surface area (Å²) in [5.41, 5.74) is 1.42. The molecular formula is C28H27F6N4O5+. The fourth-order valence-corrected chi connectivity index (χ4v) is 4.50. The van der Waals surface area contributed by atoms with Crippen molar-refractivity contribution in [3.8, 4) is 5.75 Å². The van der Waals surface area contributed by atoms with Crippen LogP contribution in [0.2, 0.25) is 0 Å². The lowest BCUT2D eigenvalue weighted by Crippen LogP contribution is -2.59. The van der Waals surface area contributed by atoms with Crippen molar-refractivity contribution >= 4 is 23.3 Å². The van der Waals surface area contributed by atoms with Crippen molar-refractivity contribution in [3.05, 3.63) is 87.8 Å². The topological polar surface area (TPSA) is 89.9 Å². The molecule has 15 heteroatoms. The van der Waals surface area contributed by atoms with E-state index in [0.717, 1.165) is 17.8 Å². The van der Waals surface area contributed by atoms with Crippen molar-refractivity contribution < 1.29 is 50.2 Å². The smallest absolute Gasteiger partial charge is 0.406 e. The van der Waals surface area contributed by atoms with Crippen LogP contribution in [0.5, 0.6) is 5.75 Å². The van der Waals surface area contributed by atoms with Crippen LogP contribution in [-0.2, 0) is 16.2 Å². The van der Waals surface area contributed by atoms with Gasteiger partial charge in [0, 0.05) is 17.1 Å². The summed E-state index contributed by atoms with van der Waals surface area (Å²) in [7, 11) is 1.41. The number of nitrogens with zero attached hydrogens (tertiary/aromatic N) is 3.